The van der Waals surface area contributed by atoms with Gasteiger partial charge in [-0.1, -0.05) is 0 Å². The highest BCUT2D eigenvalue weighted by Gasteiger charge is 2.54. The molecule has 1 fully saturated rings. The van der Waals surface area contributed by atoms with E-state index in [9.17, 15) is 19.7 Å². The normalized spacial score (nSPS) is 33.5. The van der Waals surface area contributed by atoms with Gasteiger partial charge in [0.1, 0.15) is 30.0 Å². The van der Waals surface area contributed by atoms with Gasteiger partial charge in [0.05, 0.1) is 11.5 Å². The van der Waals surface area contributed by atoms with E-state index in [1.807, 2.05) is 0 Å². The first-order valence-corrected chi connectivity index (χ1v) is 6.75. The summed E-state index contributed by atoms with van der Waals surface area (Å²) < 4.78 is 20.9. The van der Waals surface area contributed by atoms with Gasteiger partial charge >= 0.3 is 0 Å². The van der Waals surface area contributed by atoms with E-state index in [1.165, 1.54) is 24.7 Å². The van der Waals surface area contributed by atoms with Crippen LogP contribution in [0.2, 0.25) is 0 Å². The van der Waals surface area contributed by atoms with Gasteiger partial charge in [0.2, 0.25) is 0 Å². The molecule has 0 spiro atoms. The summed E-state index contributed by atoms with van der Waals surface area (Å²) in [6.07, 6.45) is -2.27. The second-order valence-corrected chi connectivity index (χ2v) is 5.71. The first kappa shape index (κ1) is 15.1. The molecule has 1 saturated heterocycles. The molecule has 22 heavy (non-hydrogen) atoms. The number of aliphatic hydroxyl groups is 3. The summed E-state index contributed by atoms with van der Waals surface area (Å²) in [4.78, 5) is 7.69. The molecule has 0 bridgehead atoms. The van der Waals surface area contributed by atoms with Crippen molar-refractivity contribution >= 4 is 16.9 Å². The quantitative estimate of drug-likeness (QED) is 0.591. The average Bonchev–Trinajstić information content (AvgIpc) is 2.87. The minimum Gasteiger partial charge on any atom is -0.391 e. The van der Waals surface area contributed by atoms with E-state index in [4.69, 9.17) is 10.5 Å². The third-order valence-electron chi connectivity index (χ3n) is 4.02. The van der Waals surface area contributed by atoms with E-state index in [1.54, 1.807) is 0 Å². The van der Waals surface area contributed by atoms with E-state index in [0.29, 0.717) is 0 Å². The standard InChI is InChI=1S/C13H17FN4O4/c1-5(19)8-9(20)13(2,21)12(22-8)18-3-6(14)7-10(15)16-4-17-11(7)18/h3-5,8-9,12,19-21H,1-2H3,(H2,15,16,17)/t5-,8+,9+,12+,13+/m0/s1. The Bertz CT molecular complexity index is 717. The summed E-state index contributed by atoms with van der Waals surface area (Å²) in [6, 6.07) is 0. The van der Waals surface area contributed by atoms with Crippen molar-refractivity contribution in [1.82, 2.24) is 14.5 Å². The number of nitrogens with zero attached hydrogens (tertiary/aromatic N) is 3. The van der Waals surface area contributed by atoms with Gasteiger partial charge in [-0.3, -0.25) is 4.57 Å². The Morgan fingerprint density at radius 3 is 2.77 bits per heavy atom. The highest BCUT2D eigenvalue weighted by atomic mass is 19.1. The maximum atomic E-state index is 14.1. The fourth-order valence-corrected chi connectivity index (χ4v) is 2.81. The van der Waals surface area contributed by atoms with E-state index >= 15 is 0 Å². The van der Waals surface area contributed by atoms with Crippen molar-refractivity contribution in [2.75, 3.05) is 5.73 Å². The van der Waals surface area contributed by atoms with Crippen molar-refractivity contribution in [2.24, 2.45) is 0 Å². The molecule has 0 radical (unpaired) electrons. The summed E-state index contributed by atoms with van der Waals surface area (Å²) in [7, 11) is 0. The number of hydrogen-bond donors (Lipinski definition) is 4. The van der Waals surface area contributed by atoms with Crippen LogP contribution in [0, 0.1) is 5.82 Å². The minimum atomic E-state index is -1.75. The first-order valence-electron chi connectivity index (χ1n) is 6.75. The van der Waals surface area contributed by atoms with Crippen molar-refractivity contribution in [3.8, 4) is 0 Å². The molecule has 5 N–H and O–H groups in total. The van der Waals surface area contributed by atoms with Crippen molar-refractivity contribution in [3.05, 3.63) is 18.3 Å². The van der Waals surface area contributed by atoms with Crippen LogP contribution in [0.4, 0.5) is 10.2 Å². The van der Waals surface area contributed by atoms with Crippen LogP contribution in [0.3, 0.4) is 0 Å². The Morgan fingerprint density at radius 1 is 1.50 bits per heavy atom. The molecular formula is C13H17FN4O4. The molecular weight excluding hydrogens is 295 g/mol. The van der Waals surface area contributed by atoms with Crippen LogP contribution in [-0.2, 0) is 4.74 Å². The number of aromatic nitrogens is 3. The maximum absolute atomic E-state index is 14.1. The molecule has 1 aliphatic heterocycles. The van der Waals surface area contributed by atoms with Crippen LogP contribution in [0.15, 0.2) is 12.5 Å². The molecule has 0 amide bonds. The Balaban J connectivity index is 2.14. The number of hydrogen-bond acceptors (Lipinski definition) is 7. The second-order valence-electron chi connectivity index (χ2n) is 5.71. The van der Waals surface area contributed by atoms with Crippen molar-refractivity contribution in [1.29, 1.82) is 0 Å². The van der Waals surface area contributed by atoms with Crippen molar-refractivity contribution in [3.63, 3.8) is 0 Å². The summed E-state index contributed by atoms with van der Waals surface area (Å²) in [6.45, 7) is 2.78. The SMILES string of the molecule is C[C@H](O)[C@H]1O[C@@H](n2cc(F)c3c(N)ncnc32)[C@](C)(O)[C@@H]1O. The lowest BCUT2D eigenvalue weighted by Crippen LogP contribution is -2.45. The van der Waals surface area contributed by atoms with Gasteiger partial charge in [0.25, 0.3) is 0 Å². The number of halogens is 1. The van der Waals surface area contributed by atoms with Gasteiger partial charge in [0.15, 0.2) is 17.7 Å². The summed E-state index contributed by atoms with van der Waals surface area (Å²) in [5, 5.41) is 30.4. The van der Waals surface area contributed by atoms with Crippen molar-refractivity contribution < 1.29 is 24.4 Å². The van der Waals surface area contributed by atoms with Crippen LogP contribution >= 0.6 is 0 Å². The Hall–Kier alpha value is -1.81. The Morgan fingerprint density at radius 2 is 2.18 bits per heavy atom. The van der Waals surface area contributed by atoms with Crippen LogP contribution < -0.4 is 5.73 Å². The summed E-state index contributed by atoms with van der Waals surface area (Å²) in [5.74, 6) is -0.700. The van der Waals surface area contributed by atoms with Crippen LogP contribution in [-0.4, -0.2) is 53.8 Å². The molecule has 0 saturated carbocycles. The Labute approximate surface area is 125 Å². The molecule has 1 aliphatic rings. The minimum absolute atomic E-state index is 0.0110. The van der Waals surface area contributed by atoms with Gasteiger partial charge in [0, 0.05) is 6.20 Å². The third kappa shape index (κ3) is 1.97. The van der Waals surface area contributed by atoms with Gasteiger partial charge in [-0.05, 0) is 13.8 Å². The largest absolute Gasteiger partial charge is 0.391 e. The molecule has 8 nitrogen and oxygen atoms in total. The molecule has 3 heterocycles. The zero-order valence-electron chi connectivity index (χ0n) is 12.0. The molecule has 2 aromatic rings. The predicted octanol–water partition coefficient (Wildman–Crippen LogP) is -0.457. The van der Waals surface area contributed by atoms with Crippen LogP contribution in [0.1, 0.15) is 20.1 Å². The topological polar surface area (TPSA) is 127 Å². The van der Waals surface area contributed by atoms with Gasteiger partial charge in [-0.2, -0.15) is 0 Å². The molecule has 0 aromatic carbocycles. The lowest BCUT2D eigenvalue weighted by molar-refractivity contribution is -0.0986. The summed E-state index contributed by atoms with van der Waals surface area (Å²) >= 11 is 0. The second kappa shape index (κ2) is 4.85. The molecule has 5 atom stereocenters. The lowest BCUT2D eigenvalue weighted by Gasteiger charge is -2.27. The number of nitrogen functional groups attached to an aromatic ring is 1. The number of fused-ring (bicyclic) bond motifs is 1. The number of nitrogens with two attached hydrogens (primary N) is 1. The predicted molar refractivity (Wildman–Crippen MR) is 74.1 cm³/mol. The zero-order chi connectivity index (χ0) is 16.2. The van der Waals surface area contributed by atoms with E-state index < -0.39 is 36.0 Å². The summed E-state index contributed by atoms with van der Waals surface area (Å²) in [5.41, 5.74) is 4.03. The molecule has 2 aromatic heterocycles. The average molecular weight is 312 g/mol. The highest BCUT2D eigenvalue weighted by molar-refractivity contribution is 5.86. The highest BCUT2D eigenvalue weighted by Crippen LogP contribution is 2.41. The fraction of sp³-hybridized carbons (Fsp3) is 0.538. The fourth-order valence-electron chi connectivity index (χ4n) is 2.81. The maximum Gasteiger partial charge on any atom is 0.167 e. The molecule has 0 aliphatic carbocycles. The first-order chi connectivity index (χ1) is 10.2. The molecule has 120 valence electrons. The van der Waals surface area contributed by atoms with Crippen LogP contribution in [0.25, 0.3) is 11.0 Å². The van der Waals surface area contributed by atoms with Gasteiger partial charge in [-0.25, -0.2) is 14.4 Å². The van der Waals surface area contributed by atoms with Crippen molar-refractivity contribution in [2.45, 2.75) is 44.0 Å². The number of aliphatic hydroxyl groups excluding tert-OH is 2. The van der Waals surface area contributed by atoms with Gasteiger partial charge in [-0.15, -0.1) is 0 Å². The molecule has 3 rings (SSSR count). The van der Waals surface area contributed by atoms with Gasteiger partial charge < -0.3 is 25.8 Å². The van der Waals surface area contributed by atoms with Crippen LogP contribution in [0.5, 0.6) is 0 Å². The van der Waals surface area contributed by atoms with E-state index in [-0.39, 0.29) is 16.9 Å². The number of rotatable bonds is 2. The smallest absolute Gasteiger partial charge is 0.167 e. The number of anilines is 1. The third-order valence-corrected chi connectivity index (χ3v) is 4.02. The zero-order valence-corrected chi connectivity index (χ0v) is 12.0. The van der Waals surface area contributed by atoms with E-state index in [2.05, 4.69) is 9.97 Å². The monoisotopic (exact) mass is 312 g/mol. The Kier molecular flexibility index (Phi) is 3.33. The number of ether oxygens (including phenoxy) is 1. The molecule has 9 heteroatoms. The molecule has 0 unspecified atom stereocenters. The lowest BCUT2D eigenvalue weighted by atomic mass is 9.94. The van der Waals surface area contributed by atoms with E-state index in [0.717, 1.165) is 6.20 Å².